The fourth-order valence-corrected chi connectivity index (χ4v) is 2.63. The first-order valence-electron chi connectivity index (χ1n) is 5.77. The van der Waals surface area contributed by atoms with E-state index in [2.05, 4.69) is 30.5 Å². The first-order valence-corrected chi connectivity index (χ1v) is 6.59. The molecular weight excluding hydrogens is 276 g/mol. The molecule has 3 heterocycles. The van der Waals surface area contributed by atoms with Crippen LogP contribution in [-0.2, 0) is 0 Å². The number of aromatic amines is 1. The average molecular weight is 284 g/mol. The fraction of sp³-hybridized carbons (Fsp3) is 0. The lowest BCUT2D eigenvalue weighted by Gasteiger charge is -1.94. The minimum atomic E-state index is 0.189. The Morgan fingerprint density at radius 2 is 2.00 bits per heavy atom. The van der Waals surface area contributed by atoms with E-state index in [-0.39, 0.29) is 5.95 Å². The number of H-pyrrole nitrogens is 1. The second-order valence-electron chi connectivity index (χ2n) is 4.03. The van der Waals surface area contributed by atoms with Crippen molar-refractivity contribution in [2.75, 3.05) is 5.73 Å². The molecule has 0 radical (unpaired) electrons. The zero-order chi connectivity index (χ0) is 13.5. The summed E-state index contributed by atoms with van der Waals surface area (Å²) < 4.78 is 1.69. The van der Waals surface area contributed by atoms with E-state index in [0.29, 0.717) is 21.6 Å². The van der Waals surface area contributed by atoms with Crippen molar-refractivity contribution in [3.63, 3.8) is 0 Å². The SMILES string of the molecule is Nc1n[nH]c(-c2nn3c(-c4ccccc4)nnc3s2)n1. The van der Waals surface area contributed by atoms with Crippen LogP contribution in [0, 0.1) is 0 Å². The van der Waals surface area contributed by atoms with Gasteiger partial charge in [0.15, 0.2) is 16.7 Å². The molecule has 0 unspecified atom stereocenters. The predicted molar refractivity (Wildman–Crippen MR) is 73.9 cm³/mol. The molecule has 0 aliphatic heterocycles. The molecule has 0 fully saturated rings. The van der Waals surface area contributed by atoms with E-state index in [1.54, 1.807) is 4.52 Å². The summed E-state index contributed by atoms with van der Waals surface area (Å²) in [5.74, 6) is 1.40. The first-order chi connectivity index (χ1) is 9.81. The lowest BCUT2D eigenvalue weighted by atomic mass is 10.2. The number of nitrogen functional groups attached to an aromatic ring is 1. The van der Waals surface area contributed by atoms with E-state index >= 15 is 0 Å². The Kier molecular flexibility index (Phi) is 2.27. The minimum absolute atomic E-state index is 0.189. The predicted octanol–water partition coefficient (Wildman–Crippen LogP) is 1.22. The minimum Gasteiger partial charge on any atom is -0.366 e. The highest BCUT2D eigenvalue weighted by molar-refractivity contribution is 7.19. The van der Waals surface area contributed by atoms with Gasteiger partial charge in [-0.25, -0.2) is 0 Å². The van der Waals surface area contributed by atoms with Crippen LogP contribution in [0.4, 0.5) is 5.95 Å². The summed E-state index contributed by atoms with van der Waals surface area (Å²) in [5.41, 5.74) is 6.45. The molecule has 3 aromatic heterocycles. The van der Waals surface area contributed by atoms with Gasteiger partial charge in [-0.2, -0.15) is 9.50 Å². The van der Waals surface area contributed by atoms with Gasteiger partial charge in [-0.15, -0.1) is 20.4 Å². The number of rotatable bonds is 2. The Bertz CT molecular complexity index is 874. The van der Waals surface area contributed by atoms with Gasteiger partial charge in [-0.3, -0.25) is 5.10 Å². The molecule has 0 spiro atoms. The maximum Gasteiger partial charge on any atom is 0.239 e. The Morgan fingerprint density at radius 1 is 1.15 bits per heavy atom. The molecule has 20 heavy (non-hydrogen) atoms. The van der Waals surface area contributed by atoms with E-state index in [1.807, 2.05) is 30.3 Å². The van der Waals surface area contributed by atoms with Gasteiger partial charge in [0.1, 0.15) is 0 Å². The van der Waals surface area contributed by atoms with Crippen molar-refractivity contribution in [2.24, 2.45) is 0 Å². The topological polar surface area (TPSA) is 111 Å². The van der Waals surface area contributed by atoms with Gasteiger partial charge in [0, 0.05) is 5.56 Å². The largest absolute Gasteiger partial charge is 0.366 e. The molecule has 0 saturated carbocycles. The van der Waals surface area contributed by atoms with Crippen molar-refractivity contribution >= 4 is 22.2 Å². The van der Waals surface area contributed by atoms with Crippen molar-refractivity contribution in [1.29, 1.82) is 0 Å². The van der Waals surface area contributed by atoms with E-state index in [1.165, 1.54) is 11.3 Å². The number of hydrogen-bond donors (Lipinski definition) is 2. The van der Waals surface area contributed by atoms with E-state index in [9.17, 15) is 0 Å². The number of nitrogens with one attached hydrogen (secondary N) is 1. The van der Waals surface area contributed by atoms with Crippen LogP contribution in [0.1, 0.15) is 0 Å². The van der Waals surface area contributed by atoms with E-state index < -0.39 is 0 Å². The molecule has 0 amide bonds. The summed E-state index contributed by atoms with van der Waals surface area (Å²) in [7, 11) is 0. The number of nitrogens with zero attached hydrogens (tertiary/aromatic N) is 6. The van der Waals surface area contributed by atoms with Gasteiger partial charge < -0.3 is 5.73 Å². The third-order valence-corrected chi connectivity index (χ3v) is 3.63. The van der Waals surface area contributed by atoms with Crippen molar-refractivity contribution in [3.05, 3.63) is 30.3 Å². The van der Waals surface area contributed by atoms with Gasteiger partial charge in [-0.1, -0.05) is 41.7 Å². The molecule has 98 valence electrons. The summed E-state index contributed by atoms with van der Waals surface area (Å²) >= 11 is 1.37. The number of hydrogen-bond acceptors (Lipinski definition) is 7. The molecule has 4 rings (SSSR count). The highest BCUT2D eigenvalue weighted by atomic mass is 32.1. The third-order valence-electron chi connectivity index (χ3n) is 2.73. The van der Waals surface area contributed by atoms with Crippen molar-refractivity contribution in [2.45, 2.75) is 0 Å². The second kappa shape index (κ2) is 4.10. The van der Waals surface area contributed by atoms with E-state index in [0.717, 1.165) is 5.56 Å². The third kappa shape index (κ3) is 1.64. The highest BCUT2D eigenvalue weighted by Crippen LogP contribution is 2.25. The van der Waals surface area contributed by atoms with Crippen LogP contribution in [0.5, 0.6) is 0 Å². The highest BCUT2D eigenvalue weighted by Gasteiger charge is 2.16. The molecule has 8 nitrogen and oxygen atoms in total. The molecule has 0 atom stereocenters. The Hall–Kier alpha value is -2.81. The molecule has 1 aromatic carbocycles. The summed E-state index contributed by atoms with van der Waals surface area (Å²) in [4.78, 5) is 4.74. The van der Waals surface area contributed by atoms with E-state index in [4.69, 9.17) is 5.73 Å². The maximum absolute atomic E-state index is 5.50. The quantitative estimate of drug-likeness (QED) is 0.572. The molecule has 0 aliphatic carbocycles. The Balaban J connectivity index is 1.87. The van der Waals surface area contributed by atoms with Crippen LogP contribution in [0.25, 0.3) is 27.2 Å². The molecule has 9 heteroatoms. The molecule has 0 saturated heterocycles. The number of benzene rings is 1. The molecule has 0 aliphatic rings. The lowest BCUT2D eigenvalue weighted by molar-refractivity contribution is 0.961. The standard InChI is InChI=1S/C11H8N8S/c12-10-13-7(14-16-10)9-18-19-8(15-17-11(19)20-9)6-4-2-1-3-5-6/h1-5H,(H3,12,13,14,16). The number of nitrogens with two attached hydrogens (primary N) is 1. The summed E-state index contributed by atoms with van der Waals surface area (Å²) in [6, 6.07) is 9.76. The van der Waals surface area contributed by atoms with Crippen molar-refractivity contribution < 1.29 is 0 Å². The van der Waals surface area contributed by atoms with Gasteiger partial charge in [0.05, 0.1) is 0 Å². The molecule has 4 aromatic rings. The zero-order valence-electron chi connectivity index (χ0n) is 10.1. The smallest absolute Gasteiger partial charge is 0.239 e. The van der Waals surface area contributed by atoms with Crippen LogP contribution < -0.4 is 5.73 Å². The molecular formula is C11H8N8S. The van der Waals surface area contributed by atoms with Gasteiger partial charge in [0.25, 0.3) is 0 Å². The monoisotopic (exact) mass is 284 g/mol. The van der Waals surface area contributed by atoms with Crippen LogP contribution in [0.3, 0.4) is 0 Å². The van der Waals surface area contributed by atoms with Crippen molar-refractivity contribution in [1.82, 2.24) is 35.0 Å². The lowest BCUT2D eigenvalue weighted by Crippen LogP contribution is -1.91. The summed E-state index contributed by atoms with van der Waals surface area (Å²) in [5, 5.41) is 19.9. The molecule has 0 bridgehead atoms. The number of anilines is 1. The Labute approximate surface area is 116 Å². The Morgan fingerprint density at radius 3 is 2.75 bits per heavy atom. The fourth-order valence-electron chi connectivity index (χ4n) is 1.85. The van der Waals surface area contributed by atoms with Crippen LogP contribution in [0.2, 0.25) is 0 Å². The zero-order valence-corrected chi connectivity index (χ0v) is 10.9. The normalized spacial score (nSPS) is 11.2. The van der Waals surface area contributed by atoms with Crippen LogP contribution >= 0.6 is 11.3 Å². The van der Waals surface area contributed by atoms with Gasteiger partial charge >= 0.3 is 0 Å². The summed E-state index contributed by atoms with van der Waals surface area (Å²) in [6.07, 6.45) is 0. The first kappa shape index (κ1) is 11.1. The van der Waals surface area contributed by atoms with Gasteiger partial charge in [-0.05, 0) is 0 Å². The summed E-state index contributed by atoms with van der Waals surface area (Å²) in [6.45, 7) is 0. The van der Waals surface area contributed by atoms with Gasteiger partial charge in [0.2, 0.25) is 10.9 Å². The van der Waals surface area contributed by atoms with Crippen LogP contribution in [-0.4, -0.2) is 35.0 Å². The van der Waals surface area contributed by atoms with Crippen LogP contribution in [0.15, 0.2) is 30.3 Å². The average Bonchev–Trinajstić information content (AvgIpc) is 3.13. The number of aromatic nitrogens is 7. The maximum atomic E-state index is 5.50. The van der Waals surface area contributed by atoms with Crippen molar-refractivity contribution in [3.8, 4) is 22.2 Å². The molecule has 3 N–H and O–H groups in total. The number of fused-ring (bicyclic) bond motifs is 1. The second-order valence-corrected chi connectivity index (χ2v) is 4.99.